The van der Waals surface area contributed by atoms with Crippen LogP contribution in [0.2, 0.25) is 0 Å². The lowest BCUT2D eigenvalue weighted by Crippen LogP contribution is -2.52. The van der Waals surface area contributed by atoms with Crippen LogP contribution in [0.25, 0.3) is 10.9 Å². The number of hydrogen-bond acceptors (Lipinski definition) is 3. The predicted octanol–water partition coefficient (Wildman–Crippen LogP) is 1.48. The molecule has 5 nitrogen and oxygen atoms in total. The molecule has 3 aliphatic heterocycles. The lowest BCUT2D eigenvalue weighted by molar-refractivity contribution is 0.0569. The van der Waals surface area contributed by atoms with E-state index in [-0.39, 0.29) is 11.3 Å². The first kappa shape index (κ1) is 14.2. The van der Waals surface area contributed by atoms with Crippen molar-refractivity contribution in [3.63, 3.8) is 0 Å². The predicted molar refractivity (Wildman–Crippen MR) is 92.4 cm³/mol. The Hall–Kier alpha value is -2.14. The minimum absolute atomic E-state index is 0.0884. The molecule has 0 saturated carbocycles. The smallest absolute Gasteiger partial charge is 0.259 e. The summed E-state index contributed by atoms with van der Waals surface area (Å²) in [6.45, 7) is 4.43. The molecular weight excluding hydrogens is 302 g/mol. The first-order valence-electron chi connectivity index (χ1n) is 8.91. The molecule has 0 aliphatic carbocycles. The van der Waals surface area contributed by atoms with E-state index in [1.807, 2.05) is 17.0 Å². The topological polar surface area (TPSA) is 45.6 Å². The van der Waals surface area contributed by atoms with Crippen LogP contribution < -0.4 is 5.43 Å². The highest BCUT2D eigenvalue weighted by Crippen LogP contribution is 2.25. The van der Waals surface area contributed by atoms with E-state index in [0.717, 1.165) is 51.1 Å². The maximum Gasteiger partial charge on any atom is 0.259 e. The second kappa shape index (κ2) is 5.18. The minimum Gasteiger partial charge on any atom is -0.346 e. The van der Waals surface area contributed by atoms with E-state index in [2.05, 4.69) is 15.5 Å². The zero-order valence-electron chi connectivity index (χ0n) is 13.7. The van der Waals surface area contributed by atoms with E-state index in [4.69, 9.17) is 0 Å². The molecule has 2 aromatic rings. The summed E-state index contributed by atoms with van der Waals surface area (Å²) < 4.78 is 2.09. The van der Waals surface area contributed by atoms with Gasteiger partial charge in [0, 0.05) is 43.8 Å². The summed E-state index contributed by atoms with van der Waals surface area (Å²) in [5.41, 5.74) is 2.46. The van der Waals surface area contributed by atoms with Gasteiger partial charge in [-0.2, -0.15) is 0 Å². The van der Waals surface area contributed by atoms with Gasteiger partial charge in [-0.05, 0) is 37.4 Å². The van der Waals surface area contributed by atoms with Gasteiger partial charge in [0.1, 0.15) is 5.56 Å². The molecule has 3 aliphatic rings. The largest absolute Gasteiger partial charge is 0.346 e. The van der Waals surface area contributed by atoms with Crippen molar-refractivity contribution in [3.8, 4) is 0 Å². The van der Waals surface area contributed by atoms with E-state index in [9.17, 15) is 9.59 Å². The van der Waals surface area contributed by atoms with Crippen molar-refractivity contribution in [3.05, 3.63) is 45.7 Å². The highest BCUT2D eigenvalue weighted by atomic mass is 16.2. The highest BCUT2D eigenvalue weighted by molar-refractivity contribution is 5.98. The van der Waals surface area contributed by atoms with Crippen molar-refractivity contribution in [2.75, 3.05) is 26.2 Å². The number of para-hydroxylation sites is 1. The summed E-state index contributed by atoms with van der Waals surface area (Å²) in [5, 5.41) is 0.690. The molecule has 5 rings (SSSR count). The molecule has 0 radical (unpaired) electrons. The van der Waals surface area contributed by atoms with Crippen molar-refractivity contribution >= 4 is 16.8 Å². The van der Waals surface area contributed by atoms with Crippen LogP contribution in [-0.4, -0.2) is 52.5 Å². The summed E-state index contributed by atoms with van der Waals surface area (Å²) in [6, 6.07) is 6.34. The Kier molecular flexibility index (Phi) is 3.07. The average Bonchev–Trinajstić information content (AvgIpc) is 3.24. The first-order valence-corrected chi connectivity index (χ1v) is 8.91. The summed E-state index contributed by atoms with van der Waals surface area (Å²) in [7, 11) is 0. The fourth-order valence-corrected chi connectivity index (χ4v) is 4.66. The summed E-state index contributed by atoms with van der Waals surface area (Å²) >= 11 is 0. The van der Waals surface area contributed by atoms with Crippen LogP contribution in [0, 0.1) is 0 Å². The van der Waals surface area contributed by atoms with Crippen LogP contribution >= 0.6 is 0 Å². The zero-order valence-corrected chi connectivity index (χ0v) is 13.7. The number of aromatic nitrogens is 1. The molecule has 1 amide bonds. The average molecular weight is 323 g/mol. The Morgan fingerprint density at radius 2 is 2.04 bits per heavy atom. The minimum atomic E-state index is -0.108. The Labute approximate surface area is 140 Å². The molecule has 124 valence electrons. The number of piperazine rings is 1. The van der Waals surface area contributed by atoms with Crippen LogP contribution in [0.5, 0.6) is 0 Å². The number of carbonyl (C=O) groups excluding carboxylic acids is 1. The SMILES string of the molecule is O=C(c1cn2c3c(cccc3c1=O)CC2)N1CCN2CCC[C@H]2C1. The third-order valence-corrected chi connectivity index (χ3v) is 5.91. The number of carbonyl (C=O) groups is 1. The zero-order chi connectivity index (χ0) is 16.3. The second-order valence-corrected chi connectivity index (χ2v) is 7.21. The van der Waals surface area contributed by atoms with Gasteiger partial charge in [0.15, 0.2) is 0 Å². The highest BCUT2D eigenvalue weighted by Gasteiger charge is 2.34. The Bertz CT molecular complexity index is 901. The standard InChI is InChI=1S/C19H21N3O2/c23-18-15-5-1-3-13-6-8-21(17(13)15)12-16(18)19(24)22-10-9-20-7-2-4-14(20)11-22/h1,3,5,12,14H,2,4,6-11H2/t14-/m0/s1. The Morgan fingerprint density at radius 1 is 1.12 bits per heavy atom. The fraction of sp³-hybridized carbons (Fsp3) is 0.474. The number of benzene rings is 1. The number of pyridine rings is 1. The van der Waals surface area contributed by atoms with Crippen molar-refractivity contribution in [1.29, 1.82) is 0 Å². The van der Waals surface area contributed by atoms with Crippen LogP contribution in [0.15, 0.2) is 29.2 Å². The molecule has 4 heterocycles. The third-order valence-electron chi connectivity index (χ3n) is 5.91. The van der Waals surface area contributed by atoms with Crippen molar-refractivity contribution < 1.29 is 4.79 Å². The molecule has 0 bridgehead atoms. The number of fused-ring (bicyclic) bond motifs is 1. The molecule has 2 fully saturated rings. The van der Waals surface area contributed by atoms with Gasteiger partial charge in [0.2, 0.25) is 5.43 Å². The monoisotopic (exact) mass is 323 g/mol. The van der Waals surface area contributed by atoms with Gasteiger partial charge in [0.05, 0.1) is 5.52 Å². The van der Waals surface area contributed by atoms with Crippen molar-refractivity contribution in [1.82, 2.24) is 14.4 Å². The Morgan fingerprint density at radius 3 is 2.96 bits per heavy atom. The van der Waals surface area contributed by atoms with Crippen molar-refractivity contribution in [2.45, 2.75) is 31.8 Å². The lowest BCUT2D eigenvalue weighted by Gasteiger charge is -2.37. The van der Waals surface area contributed by atoms with Crippen LogP contribution in [0.1, 0.15) is 28.8 Å². The van der Waals surface area contributed by atoms with E-state index in [0.29, 0.717) is 17.0 Å². The molecule has 1 aromatic carbocycles. The summed E-state index contributed by atoms with van der Waals surface area (Å²) in [4.78, 5) is 30.3. The van der Waals surface area contributed by atoms with E-state index < -0.39 is 0 Å². The number of nitrogens with zero attached hydrogens (tertiary/aromatic N) is 3. The molecule has 5 heteroatoms. The molecule has 2 saturated heterocycles. The van der Waals surface area contributed by atoms with Gasteiger partial charge in [-0.1, -0.05) is 12.1 Å². The quantitative estimate of drug-likeness (QED) is 0.798. The maximum atomic E-state index is 13.0. The molecule has 0 spiro atoms. The number of rotatable bonds is 1. The molecular formula is C19H21N3O2. The van der Waals surface area contributed by atoms with E-state index >= 15 is 0 Å². The number of amides is 1. The number of aryl methyl sites for hydroxylation is 2. The fourth-order valence-electron chi connectivity index (χ4n) is 4.66. The van der Waals surface area contributed by atoms with Gasteiger partial charge in [0.25, 0.3) is 5.91 Å². The summed E-state index contributed by atoms with van der Waals surface area (Å²) in [5.74, 6) is -0.0884. The maximum absolute atomic E-state index is 13.0. The Balaban J connectivity index is 1.54. The third kappa shape index (κ3) is 1.97. The van der Waals surface area contributed by atoms with E-state index in [1.165, 1.54) is 12.0 Å². The van der Waals surface area contributed by atoms with Gasteiger partial charge < -0.3 is 9.47 Å². The van der Waals surface area contributed by atoms with Crippen molar-refractivity contribution in [2.24, 2.45) is 0 Å². The van der Waals surface area contributed by atoms with Crippen LogP contribution in [-0.2, 0) is 13.0 Å². The molecule has 1 aromatic heterocycles. The van der Waals surface area contributed by atoms with Gasteiger partial charge in [-0.25, -0.2) is 0 Å². The normalized spacial score (nSPS) is 23.0. The van der Waals surface area contributed by atoms with Gasteiger partial charge in [-0.15, -0.1) is 0 Å². The first-order chi connectivity index (χ1) is 11.7. The van der Waals surface area contributed by atoms with E-state index in [1.54, 1.807) is 6.20 Å². The molecule has 1 atom stereocenters. The number of hydrogen-bond donors (Lipinski definition) is 0. The van der Waals surface area contributed by atoms with Gasteiger partial charge >= 0.3 is 0 Å². The van der Waals surface area contributed by atoms with Gasteiger partial charge in [-0.3, -0.25) is 14.5 Å². The molecule has 0 N–H and O–H groups in total. The lowest BCUT2D eigenvalue weighted by atomic mass is 10.1. The molecule has 24 heavy (non-hydrogen) atoms. The van der Waals surface area contributed by atoms with Crippen LogP contribution in [0.4, 0.5) is 0 Å². The van der Waals surface area contributed by atoms with Crippen LogP contribution in [0.3, 0.4) is 0 Å². The second-order valence-electron chi connectivity index (χ2n) is 7.21. The molecule has 0 unspecified atom stereocenters. The summed E-state index contributed by atoms with van der Waals surface area (Å²) in [6.07, 6.45) is 5.12.